The van der Waals surface area contributed by atoms with E-state index in [4.69, 9.17) is 0 Å². The lowest BCUT2D eigenvalue weighted by Crippen LogP contribution is -2.46. The molecule has 1 amide bonds. The van der Waals surface area contributed by atoms with Gasteiger partial charge in [-0.05, 0) is 6.07 Å². The van der Waals surface area contributed by atoms with E-state index in [0.29, 0.717) is 11.2 Å². The molecule has 1 saturated heterocycles. The maximum Gasteiger partial charge on any atom is 0.259 e. The molecule has 1 aliphatic heterocycles. The first-order valence-electron chi connectivity index (χ1n) is 7.64. The molecule has 0 atom stereocenters. The third-order valence-electron chi connectivity index (χ3n) is 2.91. The van der Waals surface area contributed by atoms with Crippen molar-refractivity contribution in [2.24, 2.45) is 0 Å². The molecular weight excluding hydrogens is 266 g/mol. The van der Waals surface area contributed by atoms with E-state index in [1.165, 1.54) is 0 Å². The van der Waals surface area contributed by atoms with Crippen LogP contribution in [0.1, 0.15) is 38.1 Å². The molecular formula is C15H25N5O. The number of carbonyl (C=O) groups is 1. The summed E-state index contributed by atoms with van der Waals surface area (Å²) in [6.45, 7) is 11.2. The molecule has 6 heteroatoms. The van der Waals surface area contributed by atoms with E-state index >= 15 is 0 Å². The highest BCUT2D eigenvalue weighted by Crippen LogP contribution is 2.10. The molecule has 21 heavy (non-hydrogen) atoms. The lowest BCUT2D eigenvalue weighted by atomic mass is 10.2. The van der Waals surface area contributed by atoms with Crippen molar-refractivity contribution in [3.05, 3.63) is 30.2 Å². The van der Waals surface area contributed by atoms with Crippen LogP contribution in [0.5, 0.6) is 0 Å². The van der Waals surface area contributed by atoms with Crippen LogP contribution in [0.4, 0.5) is 0 Å². The molecule has 3 heterocycles. The minimum absolute atomic E-state index is 0.0141. The van der Waals surface area contributed by atoms with Gasteiger partial charge in [0.2, 0.25) is 0 Å². The molecule has 2 aromatic rings. The second-order valence-electron chi connectivity index (χ2n) is 3.99. The summed E-state index contributed by atoms with van der Waals surface area (Å²) in [4.78, 5) is 18.3. The highest BCUT2D eigenvalue weighted by molar-refractivity contribution is 5.99. The van der Waals surface area contributed by atoms with Gasteiger partial charge in [0, 0.05) is 38.6 Å². The third kappa shape index (κ3) is 4.01. The Morgan fingerprint density at radius 3 is 2.52 bits per heavy atom. The van der Waals surface area contributed by atoms with Crippen molar-refractivity contribution in [2.45, 2.75) is 27.7 Å². The van der Waals surface area contributed by atoms with Gasteiger partial charge in [-0.3, -0.25) is 4.79 Å². The Hall–Kier alpha value is -1.95. The average molecular weight is 291 g/mol. The van der Waals surface area contributed by atoms with Crippen LogP contribution < -0.4 is 5.32 Å². The quantitative estimate of drug-likeness (QED) is 0.870. The molecule has 1 fully saturated rings. The van der Waals surface area contributed by atoms with E-state index in [9.17, 15) is 4.79 Å². The summed E-state index contributed by atoms with van der Waals surface area (Å²) >= 11 is 0. The summed E-state index contributed by atoms with van der Waals surface area (Å²) in [5, 5.41) is 7.35. The third-order valence-corrected chi connectivity index (χ3v) is 2.91. The number of piperazine rings is 1. The van der Waals surface area contributed by atoms with Gasteiger partial charge in [-0.25, -0.2) is 9.50 Å². The van der Waals surface area contributed by atoms with Crippen LogP contribution in [0.25, 0.3) is 5.65 Å². The Balaban J connectivity index is 0.000000510. The maximum absolute atomic E-state index is 12.3. The first kappa shape index (κ1) is 17.1. The van der Waals surface area contributed by atoms with Gasteiger partial charge >= 0.3 is 0 Å². The van der Waals surface area contributed by atoms with Crippen LogP contribution in [0.15, 0.2) is 24.7 Å². The molecule has 0 spiro atoms. The van der Waals surface area contributed by atoms with Crippen LogP contribution in [-0.2, 0) is 0 Å². The lowest BCUT2D eigenvalue weighted by molar-refractivity contribution is 0.0737. The highest BCUT2D eigenvalue weighted by atomic mass is 16.2. The molecule has 0 unspecified atom stereocenters. The van der Waals surface area contributed by atoms with Crippen molar-refractivity contribution >= 4 is 11.6 Å². The summed E-state index contributed by atoms with van der Waals surface area (Å²) in [6.07, 6.45) is 5.05. The van der Waals surface area contributed by atoms with Crippen molar-refractivity contribution in [3.8, 4) is 0 Å². The van der Waals surface area contributed by atoms with Gasteiger partial charge in [-0.15, -0.1) is 0 Å². The zero-order valence-corrected chi connectivity index (χ0v) is 13.3. The van der Waals surface area contributed by atoms with E-state index in [1.807, 2.05) is 32.6 Å². The molecule has 1 N–H and O–H groups in total. The van der Waals surface area contributed by atoms with Gasteiger partial charge in [0.25, 0.3) is 5.91 Å². The minimum Gasteiger partial charge on any atom is -0.336 e. The summed E-state index contributed by atoms with van der Waals surface area (Å²) in [5.74, 6) is 0.0141. The summed E-state index contributed by atoms with van der Waals surface area (Å²) in [7, 11) is 0. The number of aromatic nitrogens is 3. The monoisotopic (exact) mass is 291 g/mol. The van der Waals surface area contributed by atoms with Crippen LogP contribution in [0.2, 0.25) is 0 Å². The second-order valence-corrected chi connectivity index (χ2v) is 3.99. The van der Waals surface area contributed by atoms with Crippen LogP contribution in [0.3, 0.4) is 0 Å². The fraction of sp³-hybridized carbons (Fsp3) is 0.533. The van der Waals surface area contributed by atoms with Gasteiger partial charge in [-0.2, -0.15) is 5.10 Å². The van der Waals surface area contributed by atoms with Crippen molar-refractivity contribution < 1.29 is 4.79 Å². The Morgan fingerprint density at radius 2 is 1.86 bits per heavy atom. The number of fused-ring (bicyclic) bond motifs is 1. The number of carbonyl (C=O) groups excluding carboxylic acids is 1. The Morgan fingerprint density at radius 1 is 1.19 bits per heavy atom. The fourth-order valence-corrected chi connectivity index (χ4v) is 2.02. The predicted molar refractivity (Wildman–Crippen MR) is 84.5 cm³/mol. The highest BCUT2D eigenvalue weighted by Gasteiger charge is 2.21. The van der Waals surface area contributed by atoms with Gasteiger partial charge in [0.05, 0.1) is 6.20 Å². The lowest BCUT2D eigenvalue weighted by Gasteiger charge is -2.26. The summed E-state index contributed by atoms with van der Waals surface area (Å²) < 4.78 is 1.62. The molecule has 2 aromatic heterocycles. The van der Waals surface area contributed by atoms with Crippen molar-refractivity contribution in [2.75, 3.05) is 26.2 Å². The molecule has 6 nitrogen and oxygen atoms in total. The molecule has 0 radical (unpaired) electrons. The zero-order chi connectivity index (χ0) is 15.7. The number of nitrogens with one attached hydrogen (secondary N) is 1. The SMILES string of the molecule is CC.CC.O=C(c1cnn2cccnc12)N1CCNCC1. The molecule has 0 aliphatic carbocycles. The van der Waals surface area contributed by atoms with E-state index in [1.54, 1.807) is 29.2 Å². The normalized spacial score (nSPS) is 13.8. The molecule has 1 aliphatic rings. The van der Waals surface area contributed by atoms with E-state index < -0.39 is 0 Å². The first-order chi connectivity index (χ1) is 10.4. The topological polar surface area (TPSA) is 62.5 Å². The van der Waals surface area contributed by atoms with E-state index in [0.717, 1.165) is 26.2 Å². The van der Waals surface area contributed by atoms with E-state index in [2.05, 4.69) is 15.4 Å². The largest absolute Gasteiger partial charge is 0.336 e. The number of hydrogen-bond acceptors (Lipinski definition) is 4. The number of rotatable bonds is 1. The number of nitrogens with zero attached hydrogens (tertiary/aromatic N) is 4. The van der Waals surface area contributed by atoms with Gasteiger partial charge in [0.1, 0.15) is 5.56 Å². The summed E-state index contributed by atoms with van der Waals surface area (Å²) in [6, 6.07) is 1.79. The first-order valence-corrected chi connectivity index (χ1v) is 7.64. The molecule has 0 saturated carbocycles. The predicted octanol–water partition coefficient (Wildman–Crippen LogP) is 1.83. The average Bonchev–Trinajstić information content (AvgIpc) is 3.03. The minimum atomic E-state index is 0.0141. The van der Waals surface area contributed by atoms with Gasteiger partial charge in [0.15, 0.2) is 5.65 Å². The Bertz CT molecular complexity index is 546. The zero-order valence-electron chi connectivity index (χ0n) is 13.3. The molecule has 0 bridgehead atoms. The maximum atomic E-state index is 12.3. The fourth-order valence-electron chi connectivity index (χ4n) is 2.02. The molecule has 116 valence electrons. The van der Waals surface area contributed by atoms with Crippen LogP contribution in [0, 0.1) is 0 Å². The van der Waals surface area contributed by atoms with Crippen LogP contribution >= 0.6 is 0 Å². The number of hydrogen-bond donors (Lipinski definition) is 1. The Labute approximate surface area is 126 Å². The van der Waals surface area contributed by atoms with E-state index in [-0.39, 0.29) is 5.91 Å². The Kier molecular flexibility index (Phi) is 7.39. The molecule has 0 aromatic carbocycles. The van der Waals surface area contributed by atoms with Crippen molar-refractivity contribution in [1.82, 2.24) is 24.8 Å². The standard InChI is InChI=1S/C11H13N5O.2C2H6/c17-11(15-6-3-12-4-7-15)9-8-14-16-5-1-2-13-10(9)16;2*1-2/h1-2,5,8,12H,3-4,6-7H2;2*1-2H3. The second kappa shape index (κ2) is 9.07. The van der Waals surface area contributed by atoms with Gasteiger partial charge < -0.3 is 10.2 Å². The smallest absolute Gasteiger partial charge is 0.259 e. The van der Waals surface area contributed by atoms with Crippen LogP contribution in [-0.4, -0.2) is 51.6 Å². The van der Waals surface area contributed by atoms with Crippen molar-refractivity contribution in [3.63, 3.8) is 0 Å². The summed E-state index contributed by atoms with van der Waals surface area (Å²) in [5.41, 5.74) is 1.20. The molecule has 3 rings (SSSR count). The van der Waals surface area contributed by atoms with Crippen molar-refractivity contribution in [1.29, 1.82) is 0 Å². The van der Waals surface area contributed by atoms with Gasteiger partial charge in [-0.1, -0.05) is 27.7 Å². The number of amides is 1.